The van der Waals surface area contributed by atoms with Crippen LogP contribution in [0.2, 0.25) is 0 Å². The minimum atomic E-state index is -0.266. The summed E-state index contributed by atoms with van der Waals surface area (Å²) in [6.07, 6.45) is 2.84. The fourth-order valence-electron chi connectivity index (χ4n) is 4.50. The Balaban J connectivity index is 1.69. The van der Waals surface area contributed by atoms with Crippen LogP contribution in [0.3, 0.4) is 0 Å². The number of morpholine rings is 1. The minimum Gasteiger partial charge on any atom is -0.372 e. The molecule has 1 aliphatic heterocycles. The van der Waals surface area contributed by atoms with Gasteiger partial charge in [-0.3, -0.25) is 9.78 Å². The molecular weight excluding hydrogens is 393 g/mol. The second-order valence-electron chi connectivity index (χ2n) is 9.15. The fraction of sp³-hybridized carbons (Fsp3) is 0.520. The molecule has 1 saturated carbocycles. The van der Waals surface area contributed by atoms with Crippen LogP contribution in [-0.4, -0.2) is 36.2 Å². The molecule has 1 aliphatic carbocycles. The van der Waals surface area contributed by atoms with E-state index >= 15 is 4.39 Å². The lowest BCUT2D eigenvalue weighted by Gasteiger charge is -2.37. The van der Waals surface area contributed by atoms with Crippen LogP contribution in [-0.2, 0) is 16.1 Å². The highest BCUT2D eigenvalue weighted by Gasteiger charge is 2.27. The summed E-state index contributed by atoms with van der Waals surface area (Å²) in [5.74, 6) is 0.226. The van der Waals surface area contributed by atoms with Gasteiger partial charge in [-0.1, -0.05) is 6.07 Å². The molecule has 0 bridgehead atoms. The van der Waals surface area contributed by atoms with E-state index in [-0.39, 0.29) is 30.5 Å². The van der Waals surface area contributed by atoms with Crippen LogP contribution in [0.5, 0.6) is 0 Å². The third-order valence-corrected chi connectivity index (χ3v) is 6.01. The average Bonchev–Trinajstić information content (AvgIpc) is 3.49. The van der Waals surface area contributed by atoms with Crippen LogP contribution < -0.4 is 10.2 Å². The van der Waals surface area contributed by atoms with E-state index in [1.54, 1.807) is 0 Å². The molecule has 2 aromatic rings. The topological polar surface area (TPSA) is 54.5 Å². The molecule has 1 aromatic heterocycles. The summed E-state index contributed by atoms with van der Waals surface area (Å²) in [4.78, 5) is 18.8. The van der Waals surface area contributed by atoms with Gasteiger partial charge in [0.15, 0.2) is 5.82 Å². The molecule has 0 radical (unpaired) electrons. The lowest BCUT2D eigenvalue weighted by molar-refractivity contribution is -0.121. The van der Waals surface area contributed by atoms with Crippen molar-refractivity contribution in [3.8, 4) is 11.1 Å². The molecule has 0 unspecified atom stereocenters. The quantitative estimate of drug-likeness (QED) is 0.739. The maximum atomic E-state index is 15.9. The van der Waals surface area contributed by atoms with Crippen molar-refractivity contribution < 1.29 is 13.9 Å². The van der Waals surface area contributed by atoms with Crippen molar-refractivity contribution in [1.82, 2.24) is 10.3 Å². The first kappa shape index (κ1) is 21.8. The second kappa shape index (κ2) is 8.95. The molecule has 166 valence electrons. The number of hydrogen-bond acceptors (Lipinski definition) is 4. The molecule has 0 spiro atoms. The first-order valence-corrected chi connectivity index (χ1v) is 11.2. The van der Waals surface area contributed by atoms with E-state index in [1.807, 2.05) is 52.0 Å². The zero-order valence-electron chi connectivity index (χ0n) is 18.9. The standard InChI is InChI=1S/C25H32FN3O2/c1-15-9-20(10-16(2)28-15)21-7-8-23(29-13-17(3)31-18(4)14-29)25(26)22(21)12-27-24(30)11-19-5-6-19/h7-10,17-19H,5-6,11-14H2,1-4H3,(H,27,30)/t17-,18+. The average molecular weight is 426 g/mol. The summed E-state index contributed by atoms with van der Waals surface area (Å²) >= 11 is 0. The van der Waals surface area contributed by atoms with Crippen molar-refractivity contribution in [1.29, 1.82) is 0 Å². The van der Waals surface area contributed by atoms with Crippen molar-refractivity contribution in [3.63, 3.8) is 0 Å². The van der Waals surface area contributed by atoms with Gasteiger partial charge >= 0.3 is 0 Å². The lowest BCUT2D eigenvalue weighted by Crippen LogP contribution is -2.46. The number of pyridine rings is 1. The summed E-state index contributed by atoms with van der Waals surface area (Å²) in [6.45, 7) is 9.36. The highest BCUT2D eigenvalue weighted by atomic mass is 19.1. The SMILES string of the molecule is Cc1cc(-c2ccc(N3C[C@@H](C)O[C@@H](C)C3)c(F)c2CNC(=O)CC2CC2)cc(C)n1. The van der Waals surface area contributed by atoms with Crippen molar-refractivity contribution in [2.24, 2.45) is 5.92 Å². The van der Waals surface area contributed by atoms with Crippen molar-refractivity contribution >= 4 is 11.6 Å². The number of carbonyl (C=O) groups excluding carboxylic acids is 1. The van der Waals surface area contributed by atoms with Gasteiger partial charge in [0, 0.05) is 43.0 Å². The van der Waals surface area contributed by atoms with Crippen LogP contribution in [0.1, 0.15) is 50.1 Å². The smallest absolute Gasteiger partial charge is 0.220 e. The number of ether oxygens (including phenoxy) is 1. The number of rotatable bonds is 6. The molecule has 1 amide bonds. The number of hydrogen-bond donors (Lipinski definition) is 1. The molecule has 31 heavy (non-hydrogen) atoms. The summed E-state index contributed by atoms with van der Waals surface area (Å²) in [6, 6.07) is 7.77. The van der Waals surface area contributed by atoms with Gasteiger partial charge in [0.05, 0.1) is 17.9 Å². The Bertz CT molecular complexity index is 943. The number of carbonyl (C=O) groups is 1. The number of aryl methyl sites for hydroxylation is 2. The number of aromatic nitrogens is 1. The zero-order valence-corrected chi connectivity index (χ0v) is 18.9. The lowest BCUT2D eigenvalue weighted by atomic mass is 9.97. The summed E-state index contributed by atoms with van der Waals surface area (Å²) in [5.41, 5.74) is 4.60. The van der Waals surface area contributed by atoms with E-state index in [4.69, 9.17) is 4.74 Å². The summed E-state index contributed by atoms with van der Waals surface area (Å²) in [5, 5.41) is 2.96. The molecule has 2 heterocycles. The number of anilines is 1. The monoisotopic (exact) mass is 425 g/mol. The number of nitrogens with one attached hydrogen (secondary N) is 1. The highest BCUT2D eigenvalue weighted by Crippen LogP contribution is 2.34. The Hall–Kier alpha value is -2.47. The number of benzene rings is 1. The van der Waals surface area contributed by atoms with Gasteiger partial charge in [-0.15, -0.1) is 0 Å². The second-order valence-corrected chi connectivity index (χ2v) is 9.15. The molecule has 6 heteroatoms. The van der Waals surface area contributed by atoms with Crippen molar-refractivity contribution in [2.45, 2.75) is 65.7 Å². The van der Waals surface area contributed by atoms with Crippen molar-refractivity contribution in [2.75, 3.05) is 18.0 Å². The van der Waals surface area contributed by atoms with Gasteiger partial charge < -0.3 is 15.0 Å². The van der Waals surface area contributed by atoms with E-state index in [0.29, 0.717) is 36.7 Å². The summed E-state index contributed by atoms with van der Waals surface area (Å²) < 4.78 is 21.8. The van der Waals surface area contributed by atoms with E-state index in [1.165, 1.54) is 0 Å². The summed E-state index contributed by atoms with van der Waals surface area (Å²) in [7, 11) is 0. The first-order valence-electron chi connectivity index (χ1n) is 11.2. The van der Waals surface area contributed by atoms with Crippen LogP contribution in [0.25, 0.3) is 11.1 Å². The van der Waals surface area contributed by atoms with Crippen molar-refractivity contribution in [3.05, 3.63) is 47.0 Å². The first-order chi connectivity index (χ1) is 14.8. The Morgan fingerprint density at radius 1 is 1.16 bits per heavy atom. The molecule has 1 aromatic carbocycles. The highest BCUT2D eigenvalue weighted by molar-refractivity contribution is 5.78. The molecule has 2 aliphatic rings. The third-order valence-electron chi connectivity index (χ3n) is 6.01. The molecule has 2 fully saturated rings. The molecule has 1 N–H and O–H groups in total. The Morgan fingerprint density at radius 2 is 1.81 bits per heavy atom. The number of halogens is 1. The van der Waals surface area contributed by atoms with Crippen LogP contribution in [0, 0.1) is 25.6 Å². The van der Waals surface area contributed by atoms with Crippen LogP contribution in [0.15, 0.2) is 24.3 Å². The van der Waals surface area contributed by atoms with E-state index in [2.05, 4.69) is 15.2 Å². The molecule has 4 rings (SSSR count). The Morgan fingerprint density at radius 3 is 2.42 bits per heavy atom. The van der Waals surface area contributed by atoms with E-state index in [9.17, 15) is 4.79 Å². The van der Waals surface area contributed by atoms with Gasteiger partial charge in [-0.2, -0.15) is 0 Å². The normalized spacial score (nSPS) is 21.3. The zero-order chi connectivity index (χ0) is 22.1. The van der Waals surface area contributed by atoms with E-state index in [0.717, 1.165) is 35.4 Å². The van der Waals surface area contributed by atoms with Gasteiger partial charge in [0.25, 0.3) is 0 Å². The largest absolute Gasteiger partial charge is 0.372 e. The van der Waals surface area contributed by atoms with Crippen LogP contribution in [0.4, 0.5) is 10.1 Å². The Labute approximate surface area is 184 Å². The van der Waals surface area contributed by atoms with E-state index < -0.39 is 0 Å². The maximum Gasteiger partial charge on any atom is 0.220 e. The Kier molecular flexibility index (Phi) is 6.28. The molecule has 1 saturated heterocycles. The van der Waals surface area contributed by atoms with Gasteiger partial charge in [-0.25, -0.2) is 4.39 Å². The molecular formula is C25H32FN3O2. The van der Waals surface area contributed by atoms with Crippen LogP contribution >= 0.6 is 0 Å². The number of nitrogens with zero attached hydrogens (tertiary/aromatic N) is 2. The van der Waals surface area contributed by atoms with Gasteiger partial charge in [0.1, 0.15) is 0 Å². The third kappa shape index (κ3) is 5.24. The number of amides is 1. The maximum absolute atomic E-state index is 15.9. The molecule has 5 nitrogen and oxygen atoms in total. The minimum absolute atomic E-state index is 0.00559. The predicted molar refractivity (Wildman–Crippen MR) is 121 cm³/mol. The molecule has 2 atom stereocenters. The predicted octanol–water partition coefficient (Wildman–Crippen LogP) is 4.53. The van der Waals surface area contributed by atoms with Gasteiger partial charge in [-0.05, 0) is 75.8 Å². The fourth-order valence-corrected chi connectivity index (χ4v) is 4.50. The van der Waals surface area contributed by atoms with Gasteiger partial charge in [0.2, 0.25) is 5.91 Å².